The Morgan fingerprint density at radius 3 is 2.32 bits per heavy atom. The molecule has 0 saturated heterocycles. The molecule has 22 heavy (non-hydrogen) atoms. The Kier molecular flexibility index (Phi) is 7.07. The van der Waals surface area contributed by atoms with E-state index in [0.29, 0.717) is 0 Å². The summed E-state index contributed by atoms with van der Waals surface area (Å²) in [5.74, 6) is 3.06. The van der Waals surface area contributed by atoms with Crippen LogP contribution in [0.3, 0.4) is 0 Å². The molecule has 0 aliphatic heterocycles. The van der Waals surface area contributed by atoms with Crippen molar-refractivity contribution in [2.24, 2.45) is 0 Å². The minimum Gasteiger partial charge on any atom is -0.444 e. The molecule has 0 aliphatic rings. The third-order valence-electron chi connectivity index (χ3n) is 2.67. The van der Waals surface area contributed by atoms with Crippen LogP contribution in [0.2, 0.25) is 0 Å². The van der Waals surface area contributed by atoms with E-state index in [1.54, 1.807) is 0 Å². The maximum absolute atomic E-state index is 11.9. The van der Waals surface area contributed by atoms with Crippen molar-refractivity contribution >= 4 is 36.2 Å². The molecule has 1 N–H and O–H groups in total. The topological polar surface area (TPSA) is 38.3 Å². The van der Waals surface area contributed by atoms with Gasteiger partial charge in [0.1, 0.15) is 5.60 Å². The summed E-state index contributed by atoms with van der Waals surface area (Å²) in [6.45, 7) is 9.53. The SMILES string of the molecule is CC(C)(Cc1ccc(C#CSI)cc1)NC(=O)OC(C)(C)C. The van der Waals surface area contributed by atoms with Gasteiger partial charge in [-0.15, -0.1) is 0 Å². The molecule has 3 nitrogen and oxygen atoms in total. The standard InChI is InChI=1S/C17H22INO2S/c1-16(2,3)21-15(20)19-17(4,5)12-14-8-6-13(7-9-14)10-11-22-18/h6-9H,12H2,1-5H3,(H,19,20). The van der Waals surface area contributed by atoms with Gasteiger partial charge in [0.15, 0.2) is 0 Å². The van der Waals surface area contributed by atoms with Gasteiger partial charge in [0.25, 0.3) is 0 Å². The van der Waals surface area contributed by atoms with Crippen LogP contribution >= 0.6 is 30.1 Å². The summed E-state index contributed by atoms with van der Waals surface area (Å²) in [6, 6.07) is 8.08. The van der Waals surface area contributed by atoms with Crippen molar-refractivity contribution in [1.82, 2.24) is 5.32 Å². The van der Waals surface area contributed by atoms with Gasteiger partial charge >= 0.3 is 6.09 Å². The second-order valence-corrected chi connectivity index (χ2v) is 8.37. The smallest absolute Gasteiger partial charge is 0.408 e. The minimum atomic E-state index is -0.489. The zero-order chi connectivity index (χ0) is 16.8. The molecule has 0 unspecified atom stereocenters. The number of alkyl carbamates (subject to hydrolysis) is 1. The Labute approximate surface area is 149 Å². The maximum Gasteiger partial charge on any atom is 0.408 e. The van der Waals surface area contributed by atoms with Gasteiger partial charge in [0.2, 0.25) is 0 Å². The van der Waals surface area contributed by atoms with E-state index in [0.717, 1.165) is 17.5 Å². The first-order chi connectivity index (χ1) is 10.1. The van der Waals surface area contributed by atoms with Crippen molar-refractivity contribution in [3.63, 3.8) is 0 Å². The van der Waals surface area contributed by atoms with Crippen LogP contribution in [0.1, 0.15) is 45.7 Å². The van der Waals surface area contributed by atoms with Crippen LogP contribution in [0.4, 0.5) is 4.79 Å². The van der Waals surface area contributed by atoms with Gasteiger partial charge in [-0.2, -0.15) is 0 Å². The van der Waals surface area contributed by atoms with Crippen LogP contribution < -0.4 is 5.32 Å². The Balaban J connectivity index is 2.66. The molecule has 1 rings (SSSR count). The molecule has 5 heteroatoms. The second kappa shape index (κ2) is 8.11. The summed E-state index contributed by atoms with van der Waals surface area (Å²) in [7, 11) is 1.47. The molecule has 0 fully saturated rings. The quantitative estimate of drug-likeness (QED) is 0.545. The van der Waals surface area contributed by atoms with Crippen molar-refractivity contribution < 1.29 is 9.53 Å². The molecule has 0 bridgehead atoms. The zero-order valence-corrected chi connectivity index (χ0v) is 16.6. The first-order valence-electron chi connectivity index (χ1n) is 7.00. The Morgan fingerprint density at radius 1 is 1.23 bits per heavy atom. The molecule has 0 aliphatic carbocycles. The van der Waals surface area contributed by atoms with Crippen LogP contribution in [0.15, 0.2) is 24.3 Å². The number of amides is 1. The van der Waals surface area contributed by atoms with E-state index in [1.165, 1.54) is 8.93 Å². The average molecular weight is 431 g/mol. The number of carbonyl (C=O) groups is 1. The fraction of sp³-hybridized carbons (Fsp3) is 0.471. The average Bonchev–Trinajstić information content (AvgIpc) is 2.34. The number of nitrogens with one attached hydrogen (secondary N) is 1. The lowest BCUT2D eigenvalue weighted by atomic mass is 9.94. The molecule has 0 spiro atoms. The third-order valence-corrected chi connectivity index (χ3v) is 3.51. The molecule has 0 aromatic heterocycles. The molecule has 0 heterocycles. The van der Waals surface area contributed by atoms with Crippen molar-refractivity contribution in [3.8, 4) is 11.2 Å². The van der Waals surface area contributed by atoms with E-state index < -0.39 is 5.60 Å². The molecular weight excluding hydrogens is 409 g/mol. The highest BCUT2D eigenvalue weighted by Crippen LogP contribution is 2.16. The van der Waals surface area contributed by atoms with Crippen molar-refractivity contribution in [3.05, 3.63) is 35.4 Å². The molecule has 1 aromatic rings. The normalized spacial score (nSPS) is 11.4. The van der Waals surface area contributed by atoms with Gasteiger partial charge in [-0.1, -0.05) is 18.1 Å². The number of carbonyl (C=O) groups excluding carboxylic acids is 1. The van der Waals surface area contributed by atoms with Gasteiger partial charge in [-0.25, -0.2) is 4.79 Å². The summed E-state index contributed by atoms with van der Waals surface area (Å²) >= 11 is 2.15. The van der Waals surface area contributed by atoms with E-state index in [4.69, 9.17) is 4.74 Å². The largest absolute Gasteiger partial charge is 0.444 e. The minimum absolute atomic E-state index is 0.381. The van der Waals surface area contributed by atoms with Crippen LogP contribution in [-0.4, -0.2) is 17.2 Å². The lowest BCUT2D eigenvalue weighted by Gasteiger charge is -2.28. The van der Waals surface area contributed by atoms with E-state index in [-0.39, 0.29) is 11.6 Å². The predicted octanol–water partition coefficient (Wildman–Crippen LogP) is 4.92. The second-order valence-electron chi connectivity index (χ2n) is 6.69. The Hall–Kier alpha value is -0.870. The molecule has 1 aromatic carbocycles. The predicted molar refractivity (Wildman–Crippen MR) is 102 cm³/mol. The summed E-state index contributed by atoms with van der Waals surface area (Å²) in [5.41, 5.74) is 1.27. The molecule has 0 radical (unpaired) electrons. The number of rotatable bonds is 3. The summed E-state index contributed by atoms with van der Waals surface area (Å²) in [4.78, 5) is 11.9. The summed E-state index contributed by atoms with van der Waals surface area (Å²) in [5, 5.41) is 5.88. The summed E-state index contributed by atoms with van der Waals surface area (Å²) < 4.78 is 5.30. The number of hydrogen-bond donors (Lipinski definition) is 1. The Bertz CT molecular complexity index is 565. The van der Waals surface area contributed by atoms with E-state index in [9.17, 15) is 4.79 Å². The fourth-order valence-electron chi connectivity index (χ4n) is 1.92. The van der Waals surface area contributed by atoms with Gasteiger partial charge in [-0.05, 0) is 72.9 Å². The van der Waals surface area contributed by atoms with Crippen LogP contribution in [0.5, 0.6) is 0 Å². The molecular formula is C17H22INO2S. The number of hydrogen-bond acceptors (Lipinski definition) is 3. The number of ether oxygens (including phenoxy) is 1. The van der Waals surface area contributed by atoms with E-state index in [1.807, 2.05) is 58.9 Å². The molecule has 0 saturated carbocycles. The van der Waals surface area contributed by atoms with Gasteiger partial charge in [0.05, 0.1) is 0 Å². The van der Waals surface area contributed by atoms with Crippen LogP contribution in [-0.2, 0) is 11.2 Å². The highest BCUT2D eigenvalue weighted by atomic mass is 127. The zero-order valence-electron chi connectivity index (χ0n) is 13.6. The first kappa shape index (κ1) is 19.2. The number of benzene rings is 1. The lowest BCUT2D eigenvalue weighted by molar-refractivity contribution is 0.0472. The lowest BCUT2D eigenvalue weighted by Crippen LogP contribution is -2.47. The number of halogens is 1. The van der Waals surface area contributed by atoms with Gasteiger partial charge < -0.3 is 10.1 Å². The first-order valence-corrected chi connectivity index (χ1v) is 10.4. The third kappa shape index (κ3) is 7.95. The molecule has 120 valence electrons. The van der Waals surface area contributed by atoms with E-state index >= 15 is 0 Å². The Morgan fingerprint density at radius 2 is 1.82 bits per heavy atom. The summed E-state index contributed by atoms with van der Waals surface area (Å²) in [6.07, 6.45) is 0.333. The van der Waals surface area contributed by atoms with Crippen molar-refractivity contribution in [2.45, 2.75) is 52.2 Å². The fourth-order valence-corrected chi connectivity index (χ4v) is 2.41. The maximum atomic E-state index is 11.9. The van der Waals surface area contributed by atoms with Crippen molar-refractivity contribution in [1.29, 1.82) is 0 Å². The highest BCUT2D eigenvalue weighted by molar-refractivity contribution is 14.2. The van der Waals surface area contributed by atoms with Crippen LogP contribution in [0, 0.1) is 11.2 Å². The van der Waals surface area contributed by atoms with E-state index in [2.05, 4.69) is 37.7 Å². The van der Waals surface area contributed by atoms with Gasteiger partial charge in [-0.3, -0.25) is 0 Å². The highest BCUT2D eigenvalue weighted by Gasteiger charge is 2.24. The van der Waals surface area contributed by atoms with Gasteiger partial charge in [0, 0.05) is 32.3 Å². The molecule has 1 amide bonds. The van der Waals surface area contributed by atoms with Crippen molar-refractivity contribution in [2.75, 3.05) is 0 Å². The van der Waals surface area contributed by atoms with Crippen LogP contribution in [0.25, 0.3) is 0 Å². The monoisotopic (exact) mass is 431 g/mol. The molecule has 0 atom stereocenters.